The Kier molecular flexibility index (Phi) is 7.06. The first-order valence-corrected chi connectivity index (χ1v) is 13.5. The molecule has 0 spiro atoms. The van der Waals surface area contributed by atoms with Gasteiger partial charge < -0.3 is 9.72 Å². The molecule has 0 aliphatic heterocycles. The van der Waals surface area contributed by atoms with Gasteiger partial charge in [0.25, 0.3) is 0 Å². The van der Waals surface area contributed by atoms with Gasteiger partial charge in [-0.1, -0.05) is 106 Å². The third-order valence-electron chi connectivity index (χ3n) is 6.57. The molecule has 0 amide bonds. The highest BCUT2D eigenvalue weighted by atomic mass is 79.9. The summed E-state index contributed by atoms with van der Waals surface area (Å²) in [4.78, 5) is 8.63. The molecule has 2 heterocycles. The van der Waals surface area contributed by atoms with Crippen LogP contribution < -0.4 is 4.74 Å². The van der Waals surface area contributed by atoms with Gasteiger partial charge in [0.1, 0.15) is 23.9 Å². The van der Waals surface area contributed by atoms with Crippen molar-refractivity contribution in [3.8, 4) is 39.7 Å². The second kappa shape index (κ2) is 11.1. The standard InChI is InChI=1S/C32H26BrN5O/c1-22-10-8-9-15-25(22)19-38-20-27(36-37-38)21-39-29-17-16-26(33)18-28(29)32-34-30(23-11-4-2-5-12-23)31(35-32)24-13-6-3-7-14-24/h2-18,20H,19,21H2,1H3,(H,34,35). The molecule has 6 aromatic rings. The number of nitrogens with zero attached hydrogens (tertiary/aromatic N) is 4. The lowest BCUT2D eigenvalue weighted by Crippen LogP contribution is -2.02. The normalized spacial score (nSPS) is 11.0. The second-order valence-corrected chi connectivity index (χ2v) is 10.2. The molecule has 0 aliphatic rings. The number of aromatic amines is 1. The fourth-order valence-electron chi connectivity index (χ4n) is 4.53. The van der Waals surface area contributed by atoms with Gasteiger partial charge in [-0.15, -0.1) is 5.10 Å². The molecule has 0 unspecified atom stereocenters. The maximum atomic E-state index is 6.28. The van der Waals surface area contributed by atoms with Crippen molar-refractivity contribution in [2.45, 2.75) is 20.1 Å². The van der Waals surface area contributed by atoms with Gasteiger partial charge in [0.2, 0.25) is 0 Å². The number of aromatic nitrogens is 5. The lowest BCUT2D eigenvalue weighted by atomic mass is 10.1. The number of benzene rings is 4. The zero-order chi connectivity index (χ0) is 26.6. The number of H-pyrrole nitrogens is 1. The minimum absolute atomic E-state index is 0.292. The van der Waals surface area contributed by atoms with E-state index in [0.29, 0.717) is 18.9 Å². The Hall–Kier alpha value is -4.49. The van der Waals surface area contributed by atoms with Gasteiger partial charge in [0, 0.05) is 15.6 Å². The van der Waals surface area contributed by atoms with E-state index in [9.17, 15) is 0 Å². The molecule has 6 rings (SSSR count). The molecule has 0 bridgehead atoms. The number of aryl methyl sites for hydroxylation is 1. The summed E-state index contributed by atoms with van der Waals surface area (Å²) in [5, 5.41) is 8.63. The number of nitrogens with one attached hydrogen (secondary N) is 1. The zero-order valence-corrected chi connectivity index (χ0v) is 23.0. The van der Waals surface area contributed by atoms with Crippen molar-refractivity contribution in [1.29, 1.82) is 0 Å². The molecule has 192 valence electrons. The molecule has 39 heavy (non-hydrogen) atoms. The van der Waals surface area contributed by atoms with Gasteiger partial charge in [-0.3, -0.25) is 0 Å². The molecule has 0 radical (unpaired) electrons. The van der Waals surface area contributed by atoms with E-state index >= 15 is 0 Å². The van der Waals surface area contributed by atoms with Gasteiger partial charge in [-0.2, -0.15) is 0 Å². The number of halogens is 1. The van der Waals surface area contributed by atoms with Crippen molar-refractivity contribution in [3.05, 3.63) is 131 Å². The van der Waals surface area contributed by atoms with Gasteiger partial charge in [0.15, 0.2) is 0 Å². The molecule has 7 heteroatoms. The Morgan fingerprint density at radius 1 is 0.846 bits per heavy atom. The highest BCUT2D eigenvalue weighted by Gasteiger charge is 2.18. The third-order valence-corrected chi connectivity index (χ3v) is 7.06. The number of hydrogen-bond donors (Lipinski definition) is 1. The lowest BCUT2D eigenvalue weighted by molar-refractivity contribution is 0.302. The van der Waals surface area contributed by atoms with E-state index in [-0.39, 0.29) is 0 Å². The van der Waals surface area contributed by atoms with Crippen LogP contribution in [0.5, 0.6) is 5.75 Å². The summed E-state index contributed by atoms with van der Waals surface area (Å²) in [7, 11) is 0. The van der Waals surface area contributed by atoms with Crippen LogP contribution in [0.1, 0.15) is 16.8 Å². The first-order chi connectivity index (χ1) is 19.1. The number of hydrogen-bond acceptors (Lipinski definition) is 4. The summed E-state index contributed by atoms with van der Waals surface area (Å²) in [6.45, 7) is 3.06. The predicted octanol–water partition coefficient (Wildman–Crippen LogP) is 7.70. The van der Waals surface area contributed by atoms with Crippen LogP contribution in [-0.2, 0) is 13.2 Å². The summed E-state index contributed by atoms with van der Waals surface area (Å²) >= 11 is 3.62. The van der Waals surface area contributed by atoms with Gasteiger partial charge >= 0.3 is 0 Å². The molecule has 0 saturated carbocycles. The summed E-state index contributed by atoms with van der Waals surface area (Å²) in [5.41, 5.74) is 8.02. The summed E-state index contributed by atoms with van der Waals surface area (Å²) in [6, 6.07) is 34.7. The van der Waals surface area contributed by atoms with E-state index in [4.69, 9.17) is 9.72 Å². The van der Waals surface area contributed by atoms with Crippen LogP contribution in [0.4, 0.5) is 0 Å². The molecular weight excluding hydrogens is 550 g/mol. The number of ether oxygens (including phenoxy) is 1. The summed E-state index contributed by atoms with van der Waals surface area (Å²) < 4.78 is 9.06. The zero-order valence-electron chi connectivity index (χ0n) is 21.4. The number of rotatable bonds is 8. The predicted molar refractivity (Wildman–Crippen MR) is 157 cm³/mol. The second-order valence-electron chi connectivity index (χ2n) is 9.30. The maximum absolute atomic E-state index is 6.28. The molecule has 2 aromatic heterocycles. The van der Waals surface area contributed by atoms with E-state index in [1.807, 2.05) is 77.6 Å². The van der Waals surface area contributed by atoms with Crippen LogP contribution in [0.15, 0.2) is 114 Å². The SMILES string of the molecule is Cc1ccccc1Cn1cc(COc2ccc(Br)cc2-c2nc(-c3ccccc3)c(-c3ccccc3)[nH]2)nn1. The van der Waals surface area contributed by atoms with E-state index in [2.05, 4.69) is 74.5 Å². The largest absolute Gasteiger partial charge is 0.486 e. The van der Waals surface area contributed by atoms with Crippen molar-refractivity contribution in [2.24, 2.45) is 0 Å². The molecule has 0 fully saturated rings. The van der Waals surface area contributed by atoms with Crippen LogP contribution in [0.2, 0.25) is 0 Å². The van der Waals surface area contributed by atoms with Crippen LogP contribution in [0.25, 0.3) is 33.9 Å². The first kappa shape index (κ1) is 24.8. The molecule has 6 nitrogen and oxygen atoms in total. The van der Waals surface area contributed by atoms with E-state index in [1.165, 1.54) is 11.1 Å². The fraction of sp³-hybridized carbons (Fsp3) is 0.0938. The average molecular weight is 576 g/mol. The summed E-state index contributed by atoms with van der Waals surface area (Å²) in [6.07, 6.45) is 1.93. The number of imidazole rings is 1. The Bertz CT molecular complexity index is 1650. The first-order valence-electron chi connectivity index (χ1n) is 12.7. The molecule has 0 saturated heterocycles. The fourth-order valence-corrected chi connectivity index (χ4v) is 4.89. The molecule has 1 N–H and O–H groups in total. The average Bonchev–Trinajstić information content (AvgIpc) is 3.62. The Morgan fingerprint density at radius 2 is 1.56 bits per heavy atom. The van der Waals surface area contributed by atoms with Gasteiger partial charge in [0.05, 0.1) is 29.7 Å². The van der Waals surface area contributed by atoms with E-state index in [0.717, 1.165) is 44.1 Å². The monoisotopic (exact) mass is 575 g/mol. The van der Waals surface area contributed by atoms with Crippen molar-refractivity contribution < 1.29 is 4.74 Å². The van der Waals surface area contributed by atoms with E-state index in [1.54, 1.807) is 0 Å². The van der Waals surface area contributed by atoms with Crippen molar-refractivity contribution in [2.75, 3.05) is 0 Å². The van der Waals surface area contributed by atoms with Crippen molar-refractivity contribution in [1.82, 2.24) is 25.0 Å². The van der Waals surface area contributed by atoms with Crippen LogP contribution in [0.3, 0.4) is 0 Å². The molecular formula is C32H26BrN5O. The van der Waals surface area contributed by atoms with Crippen LogP contribution in [-0.4, -0.2) is 25.0 Å². The van der Waals surface area contributed by atoms with Crippen LogP contribution in [0, 0.1) is 6.92 Å². The van der Waals surface area contributed by atoms with E-state index < -0.39 is 0 Å². The molecule has 4 aromatic carbocycles. The van der Waals surface area contributed by atoms with Crippen molar-refractivity contribution in [3.63, 3.8) is 0 Å². The smallest absolute Gasteiger partial charge is 0.142 e. The molecule has 0 aliphatic carbocycles. The minimum Gasteiger partial charge on any atom is -0.486 e. The minimum atomic E-state index is 0.292. The highest BCUT2D eigenvalue weighted by molar-refractivity contribution is 9.10. The Morgan fingerprint density at radius 3 is 2.33 bits per heavy atom. The lowest BCUT2D eigenvalue weighted by Gasteiger charge is -2.09. The Labute approximate surface area is 235 Å². The van der Waals surface area contributed by atoms with Gasteiger partial charge in [-0.25, -0.2) is 9.67 Å². The third kappa shape index (κ3) is 5.54. The van der Waals surface area contributed by atoms with Gasteiger partial charge in [-0.05, 0) is 36.2 Å². The maximum Gasteiger partial charge on any atom is 0.142 e. The van der Waals surface area contributed by atoms with Crippen LogP contribution >= 0.6 is 15.9 Å². The summed E-state index contributed by atoms with van der Waals surface area (Å²) in [5.74, 6) is 1.44. The topological polar surface area (TPSA) is 68.6 Å². The van der Waals surface area contributed by atoms with Crippen molar-refractivity contribution >= 4 is 15.9 Å². The molecule has 0 atom stereocenters. The quantitative estimate of drug-likeness (QED) is 0.202. The Balaban J connectivity index is 1.30. The highest BCUT2D eigenvalue weighted by Crippen LogP contribution is 2.37.